The monoisotopic (exact) mass is 222 g/mol. The van der Waals surface area contributed by atoms with E-state index in [2.05, 4.69) is 0 Å². The van der Waals surface area contributed by atoms with E-state index in [-0.39, 0.29) is 13.2 Å². The number of rotatable bonds is 8. The van der Waals surface area contributed by atoms with Crippen LogP contribution < -0.4 is 0 Å². The lowest BCUT2D eigenvalue weighted by atomic mass is 10.3. The number of aliphatic hydroxyl groups is 1. The van der Waals surface area contributed by atoms with E-state index < -0.39 is 23.3 Å². The fraction of sp³-hybridized carbons (Fsp3) is 0.889. The van der Waals surface area contributed by atoms with Crippen LogP contribution in [0.2, 0.25) is 0 Å². The Kier molecular flexibility index (Phi) is 6.42. The Hall–Kier alpha value is -0.690. The van der Waals surface area contributed by atoms with Gasteiger partial charge in [-0.05, 0) is 6.42 Å². The number of aliphatic carboxylic acids is 1. The molecule has 90 valence electrons. The molecule has 15 heavy (non-hydrogen) atoms. The SMILES string of the molecule is CCCOCC(O)C[N+](C)(O)CC(=O)O. The Morgan fingerprint density at radius 1 is 1.53 bits per heavy atom. The van der Waals surface area contributed by atoms with Crippen LogP contribution >= 0.6 is 0 Å². The van der Waals surface area contributed by atoms with Crippen molar-refractivity contribution in [3.63, 3.8) is 0 Å². The van der Waals surface area contributed by atoms with Crippen LogP contribution in [0.3, 0.4) is 0 Å². The van der Waals surface area contributed by atoms with Gasteiger partial charge in [-0.1, -0.05) is 6.92 Å². The summed E-state index contributed by atoms with van der Waals surface area (Å²) in [4.78, 5) is 10.4. The average molecular weight is 222 g/mol. The van der Waals surface area contributed by atoms with Crippen molar-refractivity contribution in [1.29, 1.82) is 0 Å². The summed E-state index contributed by atoms with van der Waals surface area (Å²) in [5.41, 5.74) is 0. The largest absolute Gasteiger partial charge is 0.477 e. The fourth-order valence-corrected chi connectivity index (χ4v) is 1.23. The number of ether oxygens (including phenoxy) is 1. The Bertz CT molecular complexity index is 195. The molecule has 0 fully saturated rings. The van der Waals surface area contributed by atoms with E-state index in [9.17, 15) is 15.1 Å². The molecule has 0 aromatic carbocycles. The lowest BCUT2D eigenvalue weighted by Gasteiger charge is -2.25. The van der Waals surface area contributed by atoms with Crippen LogP contribution in [0, 0.1) is 0 Å². The summed E-state index contributed by atoms with van der Waals surface area (Å²) in [6, 6.07) is 0. The summed E-state index contributed by atoms with van der Waals surface area (Å²) in [6.45, 7) is 2.11. The number of aliphatic hydroxyl groups excluding tert-OH is 1. The molecule has 6 nitrogen and oxygen atoms in total. The molecule has 3 N–H and O–H groups in total. The Labute approximate surface area is 89.2 Å². The minimum Gasteiger partial charge on any atom is -0.477 e. The van der Waals surface area contributed by atoms with Crippen molar-refractivity contribution in [1.82, 2.24) is 0 Å². The van der Waals surface area contributed by atoms with Crippen molar-refractivity contribution in [2.24, 2.45) is 0 Å². The van der Waals surface area contributed by atoms with Crippen LogP contribution in [0.5, 0.6) is 0 Å². The lowest BCUT2D eigenvalue weighted by molar-refractivity contribution is -1.08. The molecule has 0 aliphatic rings. The molecule has 0 bridgehead atoms. The maximum atomic E-state index is 10.4. The maximum Gasteiger partial charge on any atom is 0.362 e. The first-order valence-electron chi connectivity index (χ1n) is 4.92. The molecular formula is C9H20NO5+. The normalized spacial score (nSPS) is 17.1. The third-order valence-corrected chi connectivity index (χ3v) is 1.74. The summed E-state index contributed by atoms with van der Waals surface area (Å²) in [6.07, 6.45) is -0.00139. The van der Waals surface area contributed by atoms with E-state index in [0.717, 1.165) is 6.42 Å². The van der Waals surface area contributed by atoms with E-state index in [1.807, 2.05) is 6.92 Å². The van der Waals surface area contributed by atoms with Crippen LogP contribution in [0.15, 0.2) is 0 Å². The number of hydrogen-bond donors (Lipinski definition) is 3. The molecule has 0 heterocycles. The van der Waals surface area contributed by atoms with E-state index in [1.165, 1.54) is 7.05 Å². The summed E-state index contributed by atoms with van der Waals surface area (Å²) in [5.74, 6) is -1.11. The highest BCUT2D eigenvalue weighted by atomic mass is 16.6. The smallest absolute Gasteiger partial charge is 0.362 e. The molecule has 0 rings (SSSR count). The molecule has 0 spiro atoms. The molecule has 2 atom stereocenters. The van der Waals surface area contributed by atoms with Crippen LogP contribution in [0.25, 0.3) is 0 Å². The van der Waals surface area contributed by atoms with Gasteiger partial charge in [-0.15, -0.1) is 0 Å². The number of quaternary nitrogens is 1. The van der Waals surface area contributed by atoms with Gasteiger partial charge in [0, 0.05) is 6.61 Å². The molecule has 0 amide bonds. The predicted molar refractivity (Wildman–Crippen MR) is 52.5 cm³/mol. The quantitative estimate of drug-likeness (QED) is 0.298. The Balaban J connectivity index is 3.82. The molecule has 0 aliphatic heterocycles. The lowest BCUT2D eigenvalue weighted by Crippen LogP contribution is -2.50. The van der Waals surface area contributed by atoms with Crippen LogP contribution in [-0.4, -0.2) is 65.5 Å². The van der Waals surface area contributed by atoms with Crippen molar-refractivity contribution < 1.29 is 29.6 Å². The molecule has 0 aliphatic carbocycles. The topological polar surface area (TPSA) is 87.0 Å². The Morgan fingerprint density at radius 3 is 2.60 bits per heavy atom. The number of carbonyl (C=O) groups is 1. The van der Waals surface area contributed by atoms with E-state index in [1.54, 1.807) is 0 Å². The number of likely N-dealkylation sites (N-methyl/N-ethyl adjacent to an activating group) is 1. The number of hydrogen-bond acceptors (Lipinski definition) is 4. The zero-order chi connectivity index (χ0) is 11.9. The van der Waals surface area contributed by atoms with Gasteiger partial charge >= 0.3 is 5.97 Å². The zero-order valence-corrected chi connectivity index (χ0v) is 9.22. The van der Waals surface area contributed by atoms with Crippen LogP contribution in [0.4, 0.5) is 0 Å². The third kappa shape index (κ3) is 8.31. The van der Waals surface area contributed by atoms with Gasteiger partial charge in [0.2, 0.25) is 6.54 Å². The van der Waals surface area contributed by atoms with Gasteiger partial charge in [0.15, 0.2) is 0 Å². The summed E-state index contributed by atoms with van der Waals surface area (Å²) in [5, 5.41) is 27.5. The van der Waals surface area contributed by atoms with Gasteiger partial charge in [0.25, 0.3) is 0 Å². The van der Waals surface area contributed by atoms with Gasteiger partial charge in [-0.2, -0.15) is 4.65 Å². The third-order valence-electron chi connectivity index (χ3n) is 1.74. The summed E-state index contributed by atoms with van der Waals surface area (Å²) in [7, 11) is 1.33. The van der Waals surface area contributed by atoms with Crippen molar-refractivity contribution in [3.8, 4) is 0 Å². The highest BCUT2D eigenvalue weighted by molar-refractivity contribution is 5.67. The second-order valence-corrected chi connectivity index (χ2v) is 3.80. The molecule has 6 heteroatoms. The van der Waals surface area contributed by atoms with Crippen LogP contribution in [0.1, 0.15) is 13.3 Å². The van der Waals surface area contributed by atoms with Crippen molar-refractivity contribution >= 4 is 5.97 Å². The van der Waals surface area contributed by atoms with E-state index in [4.69, 9.17) is 9.84 Å². The molecular weight excluding hydrogens is 202 g/mol. The fourth-order valence-electron chi connectivity index (χ4n) is 1.23. The molecule has 0 saturated carbocycles. The average Bonchev–Trinajstić information content (AvgIpc) is 2.00. The van der Waals surface area contributed by atoms with Crippen molar-refractivity contribution in [2.75, 3.05) is 33.4 Å². The number of nitrogens with zero attached hydrogens (tertiary/aromatic N) is 1. The van der Waals surface area contributed by atoms with Gasteiger partial charge in [-0.25, -0.2) is 10.0 Å². The first-order valence-corrected chi connectivity index (χ1v) is 4.92. The predicted octanol–water partition coefficient (Wildman–Crippen LogP) is -0.306. The van der Waals surface area contributed by atoms with Gasteiger partial charge in [-0.3, -0.25) is 0 Å². The number of carboxylic acid groups (broad SMARTS) is 1. The standard InChI is InChI=1S/C9H19NO5/c1-3-4-15-7-8(11)5-10(2,14)6-9(12)13/h8,11,14H,3-7H2,1-2H3/p+1. The minimum absolute atomic E-state index is 0.0595. The molecule has 2 unspecified atom stereocenters. The Morgan fingerprint density at radius 2 is 2.13 bits per heavy atom. The van der Waals surface area contributed by atoms with Crippen LogP contribution in [-0.2, 0) is 9.53 Å². The molecule has 0 aromatic heterocycles. The maximum absolute atomic E-state index is 10.4. The van der Waals surface area contributed by atoms with Crippen molar-refractivity contribution in [2.45, 2.75) is 19.4 Å². The highest BCUT2D eigenvalue weighted by Crippen LogP contribution is 2.00. The first kappa shape index (κ1) is 14.3. The second-order valence-electron chi connectivity index (χ2n) is 3.80. The van der Waals surface area contributed by atoms with Gasteiger partial charge in [0.05, 0.1) is 13.7 Å². The molecule has 0 saturated heterocycles. The van der Waals surface area contributed by atoms with E-state index >= 15 is 0 Å². The van der Waals surface area contributed by atoms with Crippen molar-refractivity contribution in [3.05, 3.63) is 0 Å². The zero-order valence-electron chi connectivity index (χ0n) is 9.22. The highest BCUT2D eigenvalue weighted by Gasteiger charge is 2.27. The summed E-state index contributed by atoms with van der Waals surface area (Å²) >= 11 is 0. The molecule has 0 radical (unpaired) electrons. The van der Waals surface area contributed by atoms with E-state index in [0.29, 0.717) is 6.61 Å². The summed E-state index contributed by atoms with van der Waals surface area (Å²) < 4.78 is 4.33. The first-order chi connectivity index (χ1) is 6.87. The number of hydroxylamine groups is 3. The minimum atomic E-state index is -1.11. The van der Waals surface area contributed by atoms with Gasteiger partial charge < -0.3 is 14.9 Å². The van der Waals surface area contributed by atoms with Gasteiger partial charge in [0.1, 0.15) is 12.6 Å². The molecule has 0 aromatic rings. The second kappa shape index (κ2) is 6.73. The number of carboxylic acids is 1.